The minimum atomic E-state index is -0.0944. The molecule has 0 radical (unpaired) electrons. The molecule has 7 heteroatoms. The molecule has 0 aliphatic carbocycles. The molecule has 3 aromatic rings. The molecule has 0 aliphatic heterocycles. The first-order chi connectivity index (χ1) is 12.9. The Bertz CT molecular complexity index is 1040. The van der Waals surface area contributed by atoms with Gasteiger partial charge in [0.1, 0.15) is 4.70 Å². The first-order valence-corrected chi connectivity index (χ1v) is 10.8. The molecule has 2 heterocycles. The van der Waals surface area contributed by atoms with Gasteiger partial charge in [-0.25, -0.2) is 4.98 Å². The zero-order valence-electron chi connectivity index (χ0n) is 15.9. The Morgan fingerprint density at radius 3 is 2.78 bits per heavy atom. The topological polar surface area (TPSA) is 64.0 Å². The Hall–Kier alpha value is -2.12. The third kappa shape index (κ3) is 4.25. The van der Waals surface area contributed by atoms with Gasteiger partial charge in [-0.3, -0.25) is 14.2 Å². The average molecular weight is 402 g/mol. The maximum absolute atomic E-state index is 13.1. The van der Waals surface area contributed by atoms with Gasteiger partial charge in [0.25, 0.3) is 5.56 Å². The number of nitrogens with one attached hydrogen (secondary N) is 1. The van der Waals surface area contributed by atoms with Crippen molar-refractivity contribution in [1.82, 2.24) is 14.9 Å². The van der Waals surface area contributed by atoms with Gasteiger partial charge in [-0.2, -0.15) is 0 Å². The molecule has 0 bridgehead atoms. The van der Waals surface area contributed by atoms with Crippen LogP contribution in [0.3, 0.4) is 0 Å². The van der Waals surface area contributed by atoms with E-state index >= 15 is 0 Å². The number of nitrogens with zero attached hydrogens (tertiary/aromatic N) is 2. The summed E-state index contributed by atoms with van der Waals surface area (Å²) in [4.78, 5) is 29.9. The standard InChI is InChI=1S/C20H23N3O2S2/c1-5-14(4)21-17(24)11-27-20-22-16-8-9-26-18(16)19(25)23(20)15-7-6-12(2)13(3)10-15/h6-10,14H,5,11H2,1-4H3,(H,21,24). The normalized spacial score (nSPS) is 12.3. The van der Waals surface area contributed by atoms with E-state index in [2.05, 4.69) is 10.3 Å². The molecule has 0 aliphatic rings. The highest BCUT2D eigenvalue weighted by atomic mass is 32.2. The van der Waals surface area contributed by atoms with Crippen LogP contribution in [0.25, 0.3) is 15.9 Å². The van der Waals surface area contributed by atoms with E-state index in [0.717, 1.165) is 17.7 Å². The fraction of sp³-hybridized carbons (Fsp3) is 0.350. The van der Waals surface area contributed by atoms with Crippen molar-refractivity contribution in [1.29, 1.82) is 0 Å². The number of thiophene rings is 1. The molecule has 1 N–H and O–H groups in total. The number of hydrogen-bond donors (Lipinski definition) is 1. The van der Waals surface area contributed by atoms with Crippen molar-refractivity contribution in [3.63, 3.8) is 0 Å². The number of aromatic nitrogens is 2. The van der Waals surface area contributed by atoms with E-state index in [-0.39, 0.29) is 23.3 Å². The summed E-state index contributed by atoms with van der Waals surface area (Å²) >= 11 is 2.68. The van der Waals surface area contributed by atoms with Crippen LogP contribution >= 0.6 is 23.1 Å². The smallest absolute Gasteiger partial charge is 0.276 e. The van der Waals surface area contributed by atoms with Crippen molar-refractivity contribution in [2.75, 3.05) is 5.75 Å². The summed E-state index contributed by atoms with van der Waals surface area (Å²) in [5.41, 5.74) is 3.63. The Morgan fingerprint density at radius 1 is 1.30 bits per heavy atom. The van der Waals surface area contributed by atoms with E-state index in [4.69, 9.17) is 0 Å². The minimum Gasteiger partial charge on any atom is -0.353 e. The Morgan fingerprint density at radius 2 is 2.07 bits per heavy atom. The SMILES string of the molecule is CCC(C)NC(=O)CSc1nc2ccsc2c(=O)n1-c1ccc(C)c(C)c1. The molecule has 27 heavy (non-hydrogen) atoms. The molecular weight excluding hydrogens is 378 g/mol. The second kappa shape index (κ2) is 8.27. The number of amides is 1. The summed E-state index contributed by atoms with van der Waals surface area (Å²) in [6, 6.07) is 7.89. The second-order valence-electron chi connectivity index (χ2n) is 6.60. The van der Waals surface area contributed by atoms with Crippen LogP contribution in [0.1, 0.15) is 31.4 Å². The summed E-state index contributed by atoms with van der Waals surface area (Å²) in [7, 11) is 0. The number of aryl methyl sites for hydroxylation is 2. The fourth-order valence-electron chi connectivity index (χ4n) is 2.63. The molecule has 5 nitrogen and oxygen atoms in total. The monoisotopic (exact) mass is 401 g/mol. The Kier molecular flexibility index (Phi) is 6.01. The Balaban J connectivity index is 2.01. The number of hydrogen-bond acceptors (Lipinski definition) is 5. The summed E-state index contributed by atoms with van der Waals surface area (Å²) in [5.74, 6) is 0.165. The molecule has 0 spiro atoms. The molecule has 0 saturated carbocycles. The fourth-order valence-corrected chi connectivity index (χ4v) is 4.21. The lowest BCUT2D eigenvalue weighted by atomic mass is 10.1. The first-order valence-electron chi connectivity index (χ1n) is 8.90. The quantitative estimate of drug-likeness (QED) is 0.499. The van der Waals surface area contributed by atoms with E-state index in [1.165, 1.54) is 28.7 Å². The van der Waals surface area contributed by atoms with Gasteiger partial charge >= 0.3 is 0 Å². The Labute approximate surface area is 166 Å². The van der Waals surface area contributed by atoms with Crippen molar-refractivity contribution in [3.8, 4) is 5.69 Å². The van der Waals surface area contributed by atoms with Gasteiger partial charge < -0.3 is 5.32 Å². The van der Waals surface area contributed by atoms with Crippen LogP contribution in [-0.2, 0) is 4.79 Å². The van der Waals surface area contributed by atoms with Gasteiger partial charge in [0, 0.05) is 6.04 Å². The van der Waals surface area contributed by atoms with E-state index in [9.17, 15) is 9.59 Å². The molecule has 3 rings (SSSR count). The van der Waals surface area contributed by atoms with Crippen molar-refractivity contribution >= 4 is 39.2 Å². The van der Waals surface area contributed by atoms with E-state index < -0.39 is 0 Å². The van der Waals surface area contributed by atoms with Gasteiger partial charge in [0.15, 0.2) is 5.16 Å². The van der Waals surface area contributed by atoms with Crippen LogP contribution in [0.2, 0.25) is 0 Å². The van der Waals surface area contributed by atoms with Crippen LogP contribution in [-0.4, -0.2) is 27.3 Å². The lowest BCUT2D eigenvalue weighted by molar-refractivity contribution is -0.119. The maximum atomic E-state index is 13.1. The number of fused-ring (bicyclic) bond motifs is 1. The molecule has 1 amide bonds. The lowest BCUT2D eigenvalue weighted by Crippen LogP contribution is -2.33. The van der Waals surface area contributed by atoms with Gasteiger partial charge in [-0.05, 0) is 61.9 Å². The second-order valence-corrected chi connectivity index (χ2v) is 8.46. The first kappa shape index (κ1) is 19.6. The van der Waals surface area contributed by atoms with Crippen molar-refractivity contribution in [3.05, 3.63) is 51.1 Å². The predicted octanol–water partition coefficient (Wildman–Crippen LogP) is 4.07. The highest BCUT2D eigenvalue weighted by Crippen LogP contribution is 2.24. The predicted molar refractivity (Wildman–Crippen MR) is 113 cm³/mol. The number of benzene rings is 1. The summed E-state index contributed by atoms with van der Waals surface area (Å²) in [6.07, 6.45) is 0.878. The number of carbonyl (C=O) groups excluding carboxylic acids is 1. The molecule has 2 aromatic heterocycles. The number of thioether (sulfide) groups is 1. The van der Waals surface area contributed by atoms with Gasteiger partial charge in [-0.15, -0.1) is 11.3 Å². The van der Waals surface area contributed by atoms with Gasteiger partial charge in [0.2, 0.25) is 5.91 Å². The molecule has 1 aromatic carbocycles. The highest BCUT2D eigenvalue weighted by molar-refractivity contribution is 7.99. The van der Waals surface area contributed by atoms with Gasteiger partial charge in [-0.1, -0.05) is 24.8 Å². The maximum Gasteiger partial charge on any atom is 0.276 e. The number of rotatable bonds is 6. The van der Waals surface area contributed by atoms with Crippen LogP contribution in [0.15, 0.2) is 39.6 Å². The van der Waals surface area contributed by atoms with Crippen LogP contribution in [0.4, 0.5) is 0 Å². The third-order valence-corrected chi connectivity index (χ3v) is 6.38. The molecule has 1 atom stereocenters. The van der Waals surface area contributed by atoms with Crippen LogP contribution in [0, 0.1) is 13.8 Å². The zero-order valence-corrected chi connectivity index (χ0v) is 17.5. The molecule has 142 valence electrons. The molecule has 0 saturated heterocycles. The molecule has 0 fully saturated rings. The van der Waals surface area contributed by atoms with E-state index in [0.29, 0.717) is 15.4 Å². The largest absolute Gasteiger partial charge is 0.353 e. The van der Waals surface area contributed by atoms with Crippen molar-refractivity contribution in [2.45, 2.75) is 45.3 Å². The van der Waals surface area contributed by atoms with Crippen LogP contribution in [0.5, 0.6) is 0 Å². The van der Waals surface area contributed by atoms with E-state index in [1.807, 2.05) is 57.3 Å². The van der Waals surface area contributed by atoms with Crippen molar-refractivity contribution < 1.29 is 4.79 Å². The minimum absolute atomic E-state index is 0.0550. The molecular formula is C20H23N3O2S2. The summed E-state index contributed by atoms with van der Waals surface area (Å²) in [5, 5.41) is 5.35. The van der Waals surface area contributed by atoms with Crippen LogP contribution < -0.4 is 10.9 Å². The third-order valence-electron chi connectivity index (χ3n) is 4.55. The molecule has 1 unspecified atom stereocenters. The summed E-state index contributed by atoms with van der Waals surface area (Å²) in [6.45, 7) is 8.07. The number of carbonyl (C=O) groups is 1. The van der Waals surface area contributed by atoms with Gasteiger partial charge in [0.05, 0.1) is 17.0 Å². The van der Waals surface area contributed by atoms with E-state index in [1.54, 1.807) is 4.57 Å². The van der Waals surface area contributed by atoms with Crippen molar-refractivity contribution in [2.24, 2.45) is 0 Å². The average Bonchev–Trinajstić information content (AvgIpc) is 3.11. The zero-order chi connectivity index (χ0) is 19.6. The lowest BCUT2D eigenvalue weighted by Gasteiger charge is -2.14. The highest BCUT2D eigenvalue weighted by Gasteiger charge is 2.16. The summed E-state index contributed by atoms with van der Waals surface area (Å²) < 4.78 is 2.24.